The van der Waals surface area contributed by atoms with Crippen LogP contribution in [-0.4, -0.2) is 69.1 Å². The Hall–Kier alpha value is -2.22. The van der Waals surface area contributed by atoms with Gasteiger partial charge in [-0.25, -0.2) is 4.98 Å². The molecule has 0 aromatic carbocycles. The Morgan fingerprint density at radius 1 is 1.43 bits per heavy atom. The van der Waals surface area contributed by atoms with Crippen molar-refractivity contribution in [3.8, 4) is 0 Å². The number of piperidine rings is 1. The predicted octanol–water partition coefficient (Wildman–Crippen LogP) is 0.593. The third-order valence-electron chi connectivity index (χ3n) is 4.62. The first-order chi connectivity index (χ1) is 11.1. The summed E-state index contributed by atoms with van der Waals surface area (Å²) in [5.41, 5.74) is 0.402. The summed E-state index contributed by atoms with van der Waals surface area (Å²) in [6.45, 7) is 1.79. The highest BCUT2D eigenvalue weighted by atomic mass is 16.2. The fourth-order valence-corrected chi connectivity index (χ4v) is 3.14. The van der Waals surface area contributed by atoms with Crippen molar-refractivity contribution in [1.82, 2.24) is 30.0 Å². The molecule has 0 aliphatic carbocycles. The second kappa shape index (κ2) is 6.49. The molecule has 3 rings (SSSR count). The van der Waals surface area contributed by atoms with Crippen molar-refractivity contribution in [1.29, 1.82) is 0 Å². The van der Waals surface area contributed by atoms with Gasteiger partial charge in [-0.15, -0.1) is 0 Å². The van der Waals surface area contributed by atoms with E-state index >= 15 is 0 Å². The third-order valence-corrected chi connectivity index (χ3v) is 4.62. The molecule has 0 saturated carbocycles. The molecule has 0 bridgehead atoms. The van der Waals surface area contributed by atoms with E-state index in [1.54, 1.807) is 11.9 Å². The number of nitrogens with one attached hydrogen (secondary N) is 2. The van der Waals surface area contributed by atoms with Crippen LogP contribution in [-0.2, 0) is 0 Å². The molecule has 1 unspecified atom stereocenters. The molecule has 2 aromatic rings. The summed E-state index contributed by atoms with van der Waals surface area (Å²) in [5.74, 6) is -0.191. The highest BCUT2D eigenvalue weighted by molar-refractivity contribution is 6.02. The van der Waals surface area contributed by atoms with Gasteiger partial charge in [-0.05, 0) is 32.9 Å². The number of amides is 1. The number of fused-ring (bicyclic) bond motifs is 1. The van der Waals surface area contributed by atoms with Crippen LogP contribution in [0, 0.1) is 0 Å². The maximum atomic E-state index is 12.6. The second-order valence-corrected chi connectivity index (χ2v) is 6.17. The molecule has 1 atom stereocenters. The molecule has 8 nitrogen and oxygen atoms in total. The summed E-state index contributed by atoms with van der Waals surface area (Å²) < 4.78 is 0. The monoisotopic (exact) mass is 318 g/mol. The van der Waals surface area contributed by atoms with E-state index in [2.05, 4.69) is 32.1 Å². The largest absolute Gasteiger partial charge is 0.340 e. The van der Waals surface area contributed by atoms with Gasteiger partial charge in [0.25, 0.3) is 11.5 Å². The van der Waals surface area contributed by atoms with E-state index in [4.69, 9.17) is 0 Å². The molecule has 0 radical (unpaired) electrons. The summed E-state index contributed by atoms with van der Waals surface area (Å²) in [6, 6.07) is 0.526. The Labute approximate surface area is 133 Å². The van der Waals surface area contributed by atoms with Crippen LogP contribution in [0.3, 0.4) is 0 Å². The van der Waals surface area contributed by atoms with Gasteiger partial charge in [-0.3, -0.25) is 14.7 Å². The van der Waals surface area contributed by atoms with Gasteiger partial charge in [0, 0.05) is 19.6 Å². The highest BCUT2D eigenvalue weighted by Gasteiger charge is 2.23. The molecule has 0 spiro atoms. The number of rotatable bonds is 4. The Kier molecular flexibility index (Phi) is 4.42. The normalized spacial score (nSPS) is 19.1. The first-order valence-electron chi connectivity index (χ1n) is 7.95. The van der Waals surface area contributed by atoms with E-state index in [9.17, 15) is 9.59 Å². The number of aromatic amines is 2. The maximum Gasteiger partial charge on any atom is 0.279 e. The number of likely N-dealkylation sites (tertiary alicyclic amines) is 1. The third kappa shape index (κ3) is 3.12. The molecule has 3 heterocycles. The van der Waals surface area contributed by atoms with Gasteiger partial charge in [-0.2, -0.15) is 5.10 Å². The zero-order chi connectivity index (χ0) is 16.4. The van der Waals surface area contributed by atoms with E-state index in [-0.39, 0.29) is 22.7 Å². The Balaban J connectivity index is 1.69. The molecule has 124 valence electrons. The molecule has 1 aliphatic heterocycles. The predicted molar refractivity (Wildman–Crippen MR) is 86.4 cm³/mol. The standard InChI is InChI=1S/C15H22N6O2/c1-20-7-4-3-5-10(20)6-8-21(2)15(23)13-11-12(18-19-13)14(22)17-9-16-11/h9-10H,3-8H2,1-2H3,(H,18,19)(H,16,17,22). The molecule has 23 heavy (non-hydrogen) atoms. The summed E-state index contributed by atoms with van der Waals surface area (Å²) in [5, 5.41) is 6.54. The Bertz CT molecular complexity index is 752. The van der Waals surface area contributed by atoms with Crippen molar-refractivity contribution in [3.05, 3.63) is 22.4 Å². The van der Waals surface area contributed by atoms with Crippen molar-refractivity contribution < 1.29 is 4.79 Å². The van der Waals surface area contributed by atoms with Gasteiger partial charge >= 0.3 is 0 Å². The zero-order valence-corrected chi connectivity index (χ0v) is 13.5. The van der Waals surface area contributed by atoms with Crippen LogP contribution in [0.15, 0.2) is 11.1 Å². The van der Waals surface area contributed by atoms with E-state index in [0.717, 1.165) is 13.0 Å². The minimum absolute atomic E-state index is 0.163. The number of carbonyl (C=O) groups excluding carboxylic acids is 1. The van der Waals surface area contributed by atoms with Crippen molar-refractivity contribution in [2.45, 2.75) is 31.7 Å². The topological polar surface area (TPSA) is 98.0 Å². The average Bonchev–Trinajstić information content (AvgIpc) is 2.98. The molecular formula is C15H22N6O2. The van der Waals surface area contributed by atoms with Crippen LogP contribution in [0.4, 0.5) is 0 Å². The van der Waals surface area contributed by atoms with Crippen LogP contribution in [0.2, 0.25) is 0 Å². The highest BCUT2D eigenvalue weighted by Crippen LogP contribution is 2.18. The fraction of sp³-hybridized carbons (Fsp3) is 0.600. The number of hydrogen-bond donors (Lipinski definition) is 2. The lowest BCUT2D eigenvalue weighted by Crippen LogP contribution is -2.39. The summed E-state index contributed by atoms with van der Waals surface area (Å²) >= 11 is 0. The van der Waals surface area contributed by atoms with E-state index in [0.29, 0.717) is 18.1 Å². The lowest BCUT2D eigenvalue weighted by molar-refractivity contribution is 0.0766. The van der Waals surface area contributed by atoms with Crippen molar-refractivity contribution in [2.24, 2.45) is 0 Å². The van der Waals surface area contributed by atoms with Gasteiger partial charge in [0.1, 0.15) is 11.2 Å². The molecule has 2 aromatic heterocycles. The number of carbonyl (C=O) groups is 1. The maximum absolute atomic E-state index is 12.6. The molecule has 1 amide bonds. The van der Waals surface area contributed by atoms with Crippen LogP contribution >= 0.6 is 0 Å². The minimum Gasteiger partial charge on any atom is -0.340 e. The van der Waals surface area contributed by atoms with Gasteiger partial charge < -0.3 is 14.8 Å². The van der Waals surface area contributed by atoms with Gasteiger partial charge in [0.2, 0.25) is 0 Å². The van der Waals surface area contributed by atoms with Crippen LogP contribution in [0.25, 0.3) is 11.0 Å². The van der Waals surface area contributed by atoms with Crippen molar-refractivity contribution in [3.63, 3.8) is 0 Å². The molecule has 1 aliphatic rings. The zero-order valence-electron chi connectivity index (χ0n) is 13.5. The number of aromatic nitrogens is 4. The van der Waals surface area contributed by atoms with Gasteiger partial charge in [0.05, 0.1) is 6.33 Å². The minimum atomic E-state index is -0.350. The molecule has 1 saturated heterocycles. The number of nitrogens with zero attached hydrogens (tertiary/aromatic N) is 4. The molecular weight excluding hydrogens is 296 g/mol. The Morgan fingerprint density at radius 2 is 2.26 bits per heavy atom. The van der Waals surface area contributed by atoms with Crippen molar-refractivity contribution in [2.75, 3.05) is 27.2 Å². The van der Waals surface area contributed by atoms with E-state index in [1.165, 1.54) is 25.6 Å². The van der Waals surface area contributed by atoms with E-state index < -0.39 is 0 Å². The first kappa shape index (κ1) is 15.7. The van der Waals surface area contributed by atoms with Gasteiger partial charge in [0.15, 0.2) is 5.52 Å². The van der Waals surface area contributed by atoms with Crippen LogP contribution in [0.5, 0.6) is 0 Å². The van der Waals surface area contributed by atoms with E-state index in [1.807, 2.05) is 0 Å². The average molecular weight is 318 g/mol. The summed E-state index contributed by atoms with van der Waals surface area (Å²) in [4.78, 5) is 34.8. The molecule has 2 N–H and O–H groups in total. The quantitative estimate of drug-likeness (QED) is 0.860. The van der Waals surface area contributed by atoms with Gasteiger partial charge in [-0.1, -0.05) is 6.42 Å². The summed E-state index contributed by atoms with van der Waals surface area (Å²) in [7, 11) is 3.91. The SMILES string of the molecule is CN(CCC1CCCCN1C)C(=O)c1[nH]nc2c(=O)[nH]cnc12. The first-order valence-corrected chi connectivity index (χ1v) is 7.95. The number of H-pyrrole nitrogens is 2. The second-order valence-electron chi connectivity index (χ2n) is 6.17. The molecule has 8 heteroatoms. The lowest BCUT2D eigenvalue weighted by Gasteiger charge is -2.33. The fourth-order valence-electron chi connectivity index (χ4n) is 3.14. The van der Waals surface area contributed by atoms with Crippen molar-refractivity contribution >= 4 is 16.9 Å². The smallest absolute Gasteiger partial charge is 0.279 e. The molecule has 1 fully saturated rings. The van der Waals surface area contributed by atoms with Crippen LogP contribution < -0.4 is 5.56 Å². The number of hydrogen-bond acceptors (Lipinski definition) is 5. The Morgan fingerprint density at radius 3 is 3.04 bits per heavy atom. The summed E-state index contributed by atoms with van der Waals surface area (Å²) in [6.07, 6.45) is 5.92. The lowest BCUT2D eigenvalue weighted by atomic mass is 10.00. The van der Waals surface area contributed by atoms with Crippen LogP contribution in [0.1, 0.15) is 36.2 Å².